The van der Waals surface area contributed by atoms with Crippen molar-refractivity contribution in [2.75, 3.05) is 5.75 Å². The molecule has 0 saturated carbocycles. The number of hydrogen-bond acceptors (Lipinski definition) is 3. The van der Waals surface area contributed by atoms with Gasteiger partial charge in [-0.25, -0.2) is 4.98 Å². The average Bonchev–Trinajstić information content (AvgIpc) is 2.79. The minimum absolute atomic E-state index is 0.279. The molecule has 0 radical (unpaired) electrons. The first-order chi connectivity index (χ1) is 9.64. The highest BCUT2D eigenvalue weighted by molar-refractivity contribution is 8.00. The zero-order valence-electron chi connectivity index (χ0n) is 12.2. The Kier molecular flexibility index (Phi) is 3.78. The molecule has 108 valence electrons. The molecular formula is C16H22N2OS. The summed E-state index contributed by atoms with van der Waals surface area (Å²) >= 11 is 1.88. The Balaban J connectivity index is 1.97. The van der Waals surface area contributed by atoms with Crippen molar-refractivity contribution in [2.45, 2.75) is 50.5 Å². The molecule has 1 aromatic carbocycles. The molecule has 4 heteroatoms. The molecule has 1 N–H and O–H groups in total. The predicted molar refractivity (Wildman–Crippen MR) is 85.2 cm³/mol. The second-order valence-corrected chi connectivity index (χ2v) is 7.11. The zero-order valence-corrected chi connectivity index (χ0v) is 13.0. The van der Waals surface area contributed by atoms with Crippen molar-refractivity contribution in [2.24, 2.45) is 0 Å². The lowest BCUT2D eigenvalue weighted by Gasteiger charge is -2.37. The second kappa shape index (κ2) is 5.41. The SMILES string of the molecule is CCn1c(CC2(O)CCCSC2C)nc2ccccc21. The number of thioether (sulfide) groups is 1. The molecule has 1 aliphatic heterocycles. The summed E-state index contributed by atoms with van der Waals surface area (Å²) in [6.45, 7) is 5.18. The molecule has 2 heterocycles. The minimum atomic E-state index is -0.614. The van der Waals surface area contributed by atoms with Crippen molar-refractivity contribution in [3.05, 3.63) is 30.1 Å². The van der Waals surface area contributed by atoms with Gasteiger partial charge in [-0.05, 0) is 37.7 Å². The van der Waals surface area contributed by atoms with Gasteiger partial charge in [0.2, 0.25) is 0 Å². The Bertz CT molecular complexity index is 610. The van der Waals surface area contributed by atoms with Crippen LogP contribution >= 0.6 is 11.8 Å². The molecule has 0 spiro atoms. The van der Waals surface area contributed by atoms with E-state index in [1.165, 1.54) is 5.52 Å². The van der Waals surface area contributed by atoms with Crippen LogP contribution in [0.5, 0.6) is 0 Å². The van der Waals surface area contributed by atoms with Crippen LogP contribution in [0.2, 0.25) is 0 Å². The second-order valence-electron chi connectivity index (χ2n) is 5.66. The highest BCUT2D eigenvalue weighted by atomic mass is 32.2. The lowest BCUT2D eigenvalue weighted by Crippen LogP contribution is -2.44. The standard InChI is InChI=1S/C16H22N2OS/c1-3-18-14-8-5-4-7-13(14)17-15(18)11-16(19)9-6-10-20-12(16)2/h4-5,7-8,12,19H,3,6,9-11H2,1-2H3. The van der Waals surface area contributed by atoms with Gasteiger partial charge in [0, 0.05) is 18.2 Å². The highest BCUT2D eigenvalue weighted by Crippen LogP contribution is 2.36. The molecule has 2 unspecified atom stereocenters. The number of rotatable bonds is 3. The van der Waals surface area contributed by atoms with Gasteiger partial charge in [-0.1, -0.05) is 19.1 Å². The number of imidazole rings is 1. The van der Waals surface area contributed by atoms with E-state index in [4.69, 9.17) is 4.98 Å². The van der Waals surface area contributed by atoms with E-state index in [1.54, 1.807) is 0 Å². The fourth-order valence-corrected chi connectivity index (χ4v) is 4.29. The number of aromatic nitrogens is 2. The number of hydrogen-bond donors (Lipinski definition) is 1. The fraction of sp³-hybridized carbons (Fsp3) is 0.562. The van der Waals surface area contributed by atoms with Gasteiger partial charge in [-0.15, -0.1) is 0 Å². The molecule has 0 bridgehead atoms. The van der Waals surface area contributed by atoms with E-state index < -0.39 is 5.60 Å². The predicted octanol–water partition coefficient (Wildman–Crippen LogP) is 3.25. The third-order valence-electron chi connectivity index (χ3n) is 4.39. The maximum absolute atomic E-state index is 11.0. The molecule has 1 aromatic heterocycles. The van der Waals surface area contributed by atoms with E-state index in [2.05, 4.69) is 24.5 Å². The Morgan fingerprint density at radius 1 is 1.45 bits per heavy atom. The summed E-state index contributed by atoms with van der Waals surface area (Å²) in [4.78, 5) is 4.75. The van der Waals surface area contributed by atoms with E-state index >= 15 is 0 Å². The van der Waals surface area contributed by atoms with Crippen molar-refractivity contribution in [3.63, 3.8) is 0 Å². The van der Waals surface area contributed by atoms with Crippen LogP contribution < -0.4 is 0 Å². The van der Waals surface area contributed by atoms with Crippen LogP contribution in [0.3, 0.4) is 0 Å². The van der Waals surface area contributed by atoms with Crippen LogP contribution in [-0.2, 0) is 13.0 Å². The molecule has 3 rings (SSSR count). The summed E-state index contributed by atoms with van der Waals surface area (Å²) in [6.07, 6.45) is 2.63. The molecule has 2 aromatic rings. The Labute approximate surface area is 124 Å². The first kappa shape index (κ1) is 14.0. The smallest absolute Gasteiger partial charge is 0.112 e. The number of fused-ring (bicyclic) bond motifs is 1. The fourth-order valence-electron chi connectivity index (χ4n) is 3.12. The topological polar surface area (TPSA) is 38.0 Å². The average molecular weight is 290 g/mol. The number of benzene rings is 1. The first-order valence-corrected chi connectivity index (χ1v) is 8.47. The van der Waals surface area contributed by atoms with Crippen molar-refractivity contribution >= 4 is 22.8 Å². The third kappa shape index (κ3) is 2.35. The van der Waals surface area contributed by atoms with Gasteiger partial charge in [0.25, 0.3) is 0 Å². The van der Waals surface area contributed by atoms with Gasteiger partial charge in [-0.3, -0.25) is 0 Å². The van der Waals surface area contributed by atoms with Gasteiger partial charge in [0.1, 0.15) is 5.82 Å². The normalized spacial score (nSPS) is 27.1. The maximum Gasteiger partial charge on any atom is 0.112 e. The molecule has 3 nitrogen and oxygen atoms in total. The van der Waals surface area contributed by atoms with Gasteiger partial charge in [0.15, 0.2) is 0 Å². The molecule has 2 atom stereocenters. The monoisotopic (exact) mass is 290 g/mol. The van der Waals surface area contributed by atoms with Crippen molar-refractivity contribution in [3.8, 4) is 0 Å². The molecule has 1 saturated heterocycles. The summed E-state index contributed by atoms with van der Waals surface area (Å²) < 4.78 is 2.24. The summed E-state index contributed by atoms with van der Waals surface area (Å²) in [5.41, 5.74) is 1.59. The lowest BCUT2D eigenvalue weighted by molar-refractivity contribution is 0.0272. The van der Waals surface area contributed by atoms with Gasteiger partial charge < -0.3 is 9.67 Å². The molecule has 1 fully saturated rings. The molecular weight excluding hydrogens is 268 g/mol. The van der Waals surface area contributed by atoms with Crippen molar-refractivity contribution in [1.82, 2.24) is 9.55 Å². The van der Waals surface area contributed by atoms with Crippen molar-refractivity contribution < 1.29 is 5.11 Å². The number of aryl methyl sites for hydroxylation is 1. The Morgan fingerprint density at radius 3 is 3.00 bits per heavy atom. The number of nitrogens with zero attached hydrogens (tertiary/aromatic N) is 2. The van der Waals surface area contributed by atoms with Crippen LogP contribution in [0.25, 0.3) is 11.0 Å². The van der Waals surface area contributed by atoms with E-state index in [0.29, 0.717) is 6.42 Å². The first-order valence-electron chi connectivity index (χ1n) is 7.42. The minimum Gasteiger partial charge on any atom is -0.388 e. The number of aliphatic hydroxyl groups is 1. The van der Waals surface area contributed by atoms with Crippen LogP contribution in [0.4, 0.5) is 0 Å². The quantitative estimate of drug-likeness (QED) is 0.943. The lowest BCUT2D eigenvalue weighted by atomic mass is 9.90. The molecule has 0 amide bonds. The van der Waals surface area contributed by atoms with E-state index in [0.717, 1.165) is 36.5 Å². The Morgan fingerprint density at radius 2 is 2.25 bits per heavy atom. The number of para-hydroxylation sites is 2. The van der Waals surface area contributed by atoms with Crippen molar-refractivity contribution in [1.29, 1.82) is 0 Å². The van der Waals surface area contributed by atoms with E-state index in [1.807, 2.05) is 30.0 Å². The molecule has 0 aliphatic carbocycles. The highest BCUT2D eigenvalue weighted by Gasteiger charge is 2.38. The summed E-state index contributed by atoms with van der Waals surface area (Å²) in [7, 11) is 0. The Hall–Kier alpha value is -1.00. The maximum atomic E-state index is 11.0. The summed E-state index contributed by atoms with van der Waals surface area (Å²) in [5, 5.41) is 11.2. The van der Waals surface area contributed by atoms with E-state index in [-0.39, 0.29) is 5.25 Å². The van der Waals surface area contributed by atoms with E-state index in [9.17, 15) is 5.11 Å². The van der Waals surface area contributed by atoms with Crippen LogP contribution in [0.15, 0.2) is 24.3 Å². The zero-order chi connectivity index (χ0) is 14.2. The van der Waals surface area contributed by atoms with Gasteiger partial charge >= 0.3 is 0 Å². The van der Waals surface area contributed by atoms with Crippen LogP contribution in [0.1, 0.15) is 32.5 Å². The van der Waals surface area contributed by atoms with Crippen LogP contribution in [-0.4, -0.2) is 31.3 Å². The van der Waals surface area contributed by atoms with Gasteiger partial charge in [0.05, 0.1) is 16.6 Å². The third-order valence-corrected chi connectivity index (χ3v) is 5.86. The van der Waals surface area contributed by atoms with Crippen LogP contribution in [0, 0.1) is 0 Å². The van der Waals surface area contributed by atoms with Gasteiger partial charge in [-0.2, -0.15) is 11.8 Å². The summed E-state index contributed by atoms with van der Waals surface area (Å²) in [5.74, 6) is 2.18. The largest absolute Gasteiger partial charge is 0.388 e. The molecule has 1 aliphatic rings. The summed E-state index contributed by atoms with van der Waals surface area (Å²) in [6, 6.07) is 8.23. The molecule has 20 heavy (non-hydrogen) atoms.